The fourth-order valence-electron chi connectivity index (χ4n) is 2.73. The van der Waals surface area contributed by atoms with Crippen molar-refractivity contribution in [1.82, 2.24) is 15.8 Å². The van der Waals surface area contributed by atoms with E-state index < -0.39 is 11.8 Å². The molecule has 1 aromatic heterocycles. The standard InChI is InChI=1S/C23H25N3O5/c1-15(2)10-11-30-19-9-8-18(12-20(19)29-3)23(28)26-25-22(27)17-6-4-16(5-7-17)21-13-24-14-31-21/h4-9,12-15H,10-11H2,1-3H3,(H,25,27)(H,26,28). The summed E-state index contributed by atoms with van der Waals surface area (Å²) < 4.78 is 16.3. The minimum Gasteiger partial charge on any atom is -0.493 e. The summed E-state index contributed by atoms with van der Waals surface area (Å²) in [5.41, 5.74) is 6.31. The number of ether oxygens (including phenoxy) is 2. The Balaban J connectivity index is 1.57. The van der Waals surface area contributed by atoms with Gasteiger partial charge in [0.25, 0.3) is 11.8 Å². The molecule has 0 fully saturated rings. The molecule has 2 aromatic carbocycles. The molecule has 0 bridgehead atoms. The van der Waals surface area contributed by atoms with E-state index in [1.165, 1.54) is 13.5 Å². The molecular weight excluding hydrogens is 398 g/mol. The van der Waals surface area contributed by atoms with Gasteiger partial charge in [0.1, 0.15) is 0 Å². The van der Waals surface area contributed by atoms with Crippen LogP contribution in [0.25, 0.3) is 11.3 Å². The average molecular weight is 423 g/mol. The van der Waals surface area contributed by atoms with Crippen molar-refractivity contribution in [3.8, 4) is 22.8 Å². The van der Waals surface area contributed by atoms with Gasteiger partial charge in [-0.15, -0.1) is 0 Å². The lowest BCUT2D eigenvalue weighted by atomic mass is 10.1. The lowest BCUT2D eigenvalue weighted by molar-refractivity contribution is 0.0846. The third-order valence-corrected chi connectivity index (χ3v) is 4.53. The molecular formula is C23H25N3O5. The summed E-state index contributed by atoms with van der Waals surface area (Å²) in [5.74, 6) is 1.22. The minimum absolute atomic E-state index is 0.328. The average Bonchev–Trinajstić information content (AvgIpc) is 3.32. The lowest BCUT2D eigenvalue weighted by Crippen LogP contribution is -2.41. The smallest absolute Gasteiger partial charge is 0.269 e. The summed E-state index contributed by atoms with van der Waals surface area (Å²) in [6.07, 6.45) is 3.84. The normalized spacial score (nSPS) is 10.6. The summed E-state index contributed by atoms with van der Waals surface area (Å²) in [7, 11) is 1.51. The van der Waals surface area contributed by atoms with Gasteiger partial charge in [0.15, 0.2) is 23.7 Å². The lowest BCUT2D eigenvalue weighted by Gasteiger charge is -2.13. The van der Waals surface area contributed by atoms with Gasteiger partial charge >= 0.3 is 0 Å². The zero-order valence-electron chi connectivity index (χ0n) is 17.7. The van der Waals surface area contributed by atoms with Crippen LogP contribution >= 0.6 is 0 Å². The fourth-order valence-corrected chi connectivity index (χ4v) is 2.73. The third kappa shape index (κ3) is 5.85. The summed E-state index contributed by atoms with van der Waals surface area (Å²) in [4.78, 5) is 28.6. The van der Waals surface area contributed by atoms with Gasteiger partial charge in [0.05, 0.1) is 19.9 Å². The summed E-state index contributed by atoms with van der Waals surface area (Å²) in [5, 5.41) is 0. The third-order valence-electron chi connectivity index (χ3n) is 4.53. The van der Waals surface area contributed by atoms with Crippen molar-refractivity contribution in [3.05, 3.63) is 66.2 Å². The van der Waals surface area contributed by atoms with E-state index in [-0.39, 0.29) is 0 Å². The second-order valence-electron chi connectivity index (χ2n) is 7.25. The summed E-state index contributed by atoms with van der Waals surface area (Å²) in [6, 6.07) is 11.6. The van der Waals surface area contributed by atoms with E-state index in [0.717, 1.165) is 12.0 Å². The number of hydrazine groups is 1. The van der Waals surface area contributed by atoms with Crippen molar-refractivity contribution in [2.45, 2.75) is 20.3 Å². The maximum Gasteiger partial charge on any atom is 0.269 e. The van der Waals surface area contributed by atoms with Crippen molar-refractivity contribution >= 4 is 11.8 Å². The van der Waals surface area contributed by atoms with Gasteiger partial charge in [-0.1, -0.05) is 26.0 Å². The summed E-state index contributed by atoms with van der Waals surface area (Å²) in [6.45, 7) is 4.80. The molecule has 0 radical (unpaired) electrons. The van der Waals surface area contributed by atoms with Crippen LogP contribution in [0.1, 0.15) is 41.0 Å². The number of oxazole rings is 1. The van der Waals surface area contributed by atoms with Crippen LogP contribution in [0.2, 0.25) is 0 Å². The van der Waals surface area contributed by atoms with E-state index in [1.807, 2.05) is 0 Å². The van der Waals surface area contributed by atoms with Gasteiger partial charge in [0.2, 0.25) is 0 Å². The van der Waals surface area contributed by atoms with Crippen LogP contribution in [0.4, 0.5) is 0 Å². The van der Waals surface area contributed by atoms with Crippen molar-refractivity contribution in [2.75, 3.05) is 13.7 Å². The molecule has 0 saturated heterocycles. The number of rotatable bonds is 8. The number of carbonyl (C=O) groups excluding carboxylic acids is 2. The van der Waals surface area contributed by atoms with Crippen molar-refractivity contribution < 1.29 is 23.5 Å². The highest BCUT2D eigenvalue weighted by Gasteiger charge is 2.13. The highest BCUT2D eigenvalue weighted by atomic mass is 16.5. The Morgan fingerprint density at radius 2 is 1.68 bits per heavy atom. The topological polar surface area (TPSA) is 103 Å². The number of nitrogens with one attached hydrogen (secondary N) is 2. The first-order chi connectivity index (χ1) is 15.0. The van der Waals surface area contributed by atoms with Gasteiger partial charge in [-0.2, -0.15) is 0 Å². The van der Waals surface area contributed by atoms with Crippen LogP contribution in [0.5, 0.6) is 11.5 Å². The number of hydrogen-bond donors (Lipinski definition) is 2. The van der Waals surface area contributed by atoms with Gasteiger partial charge in [-0.25, -0.2) is 4.98 Å². The van der Waals surface area contributed by atoms with E-state index in [0.29, 0.717) is 40.9 Å². The van der Waals surface area contributed by atoms with Crippen LogP contribution in [-0.2, 0) is 0 Å². The van der Waals surface area contributed by atoms with Crippen molar-refractivity contribution in [2.24, 2.45) is 5.92 Å². The largest absolute Gasteiger partial charge is 0.493 e. The van der Waals surface area contributed by atoms with E-state index in [2.05, 4.69) is 29.7 Å². The van der Waals surface area contributed by atoms with Gasteiger partial charge in [-0.05, 0) is 42.7 Å². The van der Waals surface area contributed by atoms with Crippen LogP contribution < -0.4 is 20.3 Å². The van der Waals surface area contributed by atoms with E-state index in [1.54, 1.807) is 48.7 Å². The maximum absolute atomic E-state index is 12.4. The second kappa shape index (κ2) is 10.3. The van der Waals surface area contributed by atoms with Gasteiger partial charge in [0, 0.05) is 16.7 Å². The molecule has 0 saturated carbocycles. The zero-order valence-corrected chi connectivity index (χ0v) is 17.7. The predicted octanol–water partition coefficient (Wildman–Crippen LogP) is 3.85. The van der Waals surface area contributed by atoms with Gasteiger partial charge < -0.3 is 13.9 Å². The molecule has 2 N–H and O–H groups in total. The first-order valence-corrected chi connectivity index (χ1v) is 9.88. The van der Waals surface area contributed by atoms with Crippen LogP contribution in [0.15, 0.2) is 59.5 Å². The summed E-state index contributed by atoms with van der Waals surface area (Å²) >= 11 is 0. The van der Waals surface area contributed by atoms with Crippen LogP contribution in [0, 0.1) is 5.92 Å². The molecule has 8 heteroatoms. The van der Waals surface area contributed by atoms with Crippen LogP contribution in [0.3, 0.4) is 0 Å². The van der Waals surface area contributed by atoms with Crippen molar-refractivity contribution in [1.29, 1.82) is 0 Å². The quantitative estimate of drug-likeness (QED) is 0.534. The molecule has 0 unspecified atom stereocenters. The Bertz CT molecular complexity index is 1010. The molecule has 1 heterocycles. The number of aromatic nitrogens is 1. The molecule has 8 nitrogen and oxygen atoms in total. The molecule has 0 aliphatic carbocycles. The number of amides is 2. The predicted molar refractivity (Wildman–Crippen MR) is 115 cm³/mol. The number of methoxy groups -OCH3 is 1. The SMILES string of the molecule is COc1cc(C(=O)NNC(=O)c2ccc(-c3cnco3)cc2)ccc1OCCC(C)C. The second-order valence-corrected chi connectivity index (χ2v) is 7.25. The molecule has 31 heavy (non-hydrogen) atoms. The van der Waals surface area contributed by atoms with E-state index in [9.17, 15) is 9.59 Å². The Morgan fingerprint density at radius 1 is 1.00 bits per heavy atom. The highest BCUT2D eigenvalue weighted by Crippen LogP contribution is 2.28. The molecule has 3 rings (SSSR count). The number of benzene rings is 2. The number of nitrogens with zero attached hydrogens (tertiary/aromatic N) is 1. The molecule has 0 aliphatic heterocycles. The monoisotopic (exact) mass is 423 g/mol. The van der Waals surface area contributed by atoms with E-state index in [4.69, 9.17) is 13.9 Å². The molecule has 0 atom stereocenters. The Labute approximate surface area is 180 Å². The fraction of sp³-hybridized carbons (Fsp3) is 0.261. The van der Waals surface area contributed by atoms with Crippen molar-refractivity contribution in [3.63, 3.8) is 0 Å². The van der Waals surface area contributed by atoms with Crippen LogP contribution in [-0.4, -0.2) is 30.5 Å². The molecule has 162 valence electrons. The van der Waals surface area contributed by atoms with E-state index >= 15 is 0 Å². The first kappa shape index (κ1) is 21.9. The molecule has 0 aliphatic rings. The number of hydrogen-bond acceptors (Lipinski definition) is 6. The minimum atomic E-state index is -0.473. The Hall–Kier alpha value is -3.81. The number of carbonyl (C=O) groups is 2. The van der Waals surface area contributed by atoms with Gasteiger partial charge in [-0.3, -0.25) is 20.4 Å². The zero-order chi connectivity index (χ0) is 22.2. The molecule has 3 aromatic rings. The first-order valence-electron chi connectivity index (χ1n) is 9.88. The highest BCUT2D eigenvalue weighted by molar-refractivity contribution is 5.99. The Morgan fingerprint density at radius 3 is 2.29 bits per heavy atom. The molecule has 2 amide bonds. The maximum atomic E-state index is 12.4. The molecule has 0 spiro atoms. The Kier molecular flexibility index (Phi) is 7.26.